The van der Waals surface area contributed by atoms with Crippen LogP contribution in [-0.4, -0.2) is 36.2 Å². The highest BCUT2D eigenvalue weighted by atomic mass is 35.5. The Kier molecular flexibility index (Phi) is 7.85. The Bertz CT molecular complexity index is 1260. The zero-order chi connectivity index (χ0) is 24.6. The molecule has 1 amide bonds. The maximum absolute atomic E-state index is 12.8. The van der Waals surface area contributed by atoms with Crippen LogP contribution in [0, 0.1) is 0 Å². The molecule has 4 aromatic rings. The fraction of sp³-hybridized carbons (Fsp3) is 0.143. The summed E-state index contributed by atoms with van der Waals surface area (Å²) in [4.78, 5) is 17.0. The van der Waals surface area contributed by atoms with E-state index in [1.54, 1.807) is 26.7 Å². The SMILES string of the molecule is COc1cc(/C=C/c2ccc(C(=O)NCC(c3ccc(Cl)cc3)n3ccnc3)cc2)cc(OC)c1. The fourth-order valence-electron chi connectivity index (χ4n) is 3.69. The molecule has 1 heterocycles. The average molecular weight is 488 g/mol. The number of carbonyl (C=O) groups is 1. The van der Waals surface area contributed by atoms with Crippen LogP contribution in [0.3, 0.4) is 0 Å². The molecule has 35 heavy (non-hydrogen) atoms. The van der Waals surface area contributed by atoms with Crippen molar-refractivity contribution in [2.75, 3.05) is 20.8 Å². The number of halogens is 1. The molecule has 0 spiro atoms. The normalized spacial score (nSPS) is 11.9. The van der Waals surface area contributed by atoms with Gasteiger partial charge in [-0.15, -0.1) is 0 Å². The molecular weight excluding hydrogens is 462 g/mol. The monoisotopic (exact) mass is 487 g/mol. The van der Waals surface area contributed by atoms with Gasteiger partial charge < -0.3 is 19.4 Å². The van der Waals surface area contributed by atoms with Gasteiger partial charge in [0.05, 0.1) is 26.6 Å². The van der Waals surface area contributed by atoms with Gasteiger partial charge >= 0.3 is 0 Å². The van der Waals surface area contributed by atoms with Crippen LogP contribution in [0.1, 0.15) is 33.1 Å². The highest BCUT2D eigenvalue weighted by molar-refractivity contribution is 6.30. The maximum atomic E-state index is 12.8. The predicted molar refractivity (Wildman–Crippen MR) is 139 cm³/mol. The topological polar surface area (TPSA) is 65.4 Å². The Morgan fingerprint density at radius 2 is 1.63 bits per heavy atom. The Morgan fingerprint density at radius 1 is 0.971 bits per heavy atom. The van der Waals surface area contributed by atoms with Gasteiger partial charge in [-0.25, -0.2) is 4.98 Å². The second-order valence-electron chi connectivity index (χ2n) is 7.89. The highest BCUT2D eigenvalue weighted by Crippen LogP contribution is 2.24. The molecule has 1 N–H and O–H groups in total. The summed E-state index contributed by atoms with van der Waals surface area (Å²) in [5.74, 6) is 1.31. The number of hydrogen-bond donors (Lipinski definition) is 1. The number of methoxy groups -OCH3 is 2. The van der Waals surface area contributed by atoms with Gasteiger partial charge in [0.1, 0.15) is 11.5 Å². The Labute approximate surface area is 209 Å². The molecule has 0 saturated heterocycles. The lowest BCUT2D eigenvalue weighted by Gasteiger charge is -2.20. The molecule has 1 atom stereocenters. The molecule has 0 radical (unpaired) electrons. The van der Waals surface area contributed by atoms with Gasteiger partial charge in [-0.2, -0.15) is 0 Å². The lowest BCUT2D eigenvalue weighted by molar-refractivity contribution is 0.0950. The minimum Gasteiger partial charge on any atom is -0.497 e. The Hall–Kier alpha value is -4.03. The number of nitrogens with zero attached hydrogens (tertiary/aromatic N) is 2. The van der Waals surface area contributed by atoms with Crippen molar-refractivity contribution in [1.29, 1.82) is 0 Å². The Morgan fingerprint density at radius 3 is 2.23 bits per heavy atom. The van der Waals surface area contributed by atoms with Crippen LogP contribution in [0.15, 0.2) is 85.5 Å². The van der Waals surface area contributed by atoms with E-state index in [1.165, 1.54) is 0 Å². The third-order valence-corrected chi connectivity index (χ3v) is 5.86. The van der Waals surface area contributed by atoms with Crippen LogP contribution in [-0.2, 0) is 0 Å². The van der Waals surface area contributed by atoms with E-state index in [0.717, 1.165) is 28.2 Å². The van der Waals surface area contributed by atoms with E-state index >= 15 is 0 Å². The number of aromatic nitrogens is 2. The molecule has 178 valence electrons. The van der Waals surface area contributed by atoms with Crippen LogP contribution < -0.4 is 14.8 Å². The van der Waals surface area contributed by atoms with Gasteiger partial charge in [0, 0.05) is 35.6 Å². The maximum Gasteiger partial charge on any atom is 0.251 e. The molecule has 1 unspecified atom stereocenters. The van der Waals surface area contributed by atoms with Crippen LogP contribution in [0.25, 0.3) is 12.2 Å². The zero-order valence-electron chi connectivity index (χ0n) is 19.5. The van der Waals surface area contributed by atoms with Crippen molar-refractivity contribution >= 4 is 29.7 Å². The van der Waals surface area contributed by atoms with E-state index in [9.17, 15) is 4.79 Å². The van der Waals surface area contributed by atoms with E-state index in [1.807, 2.05) is 89.6 Å². The van der Waals surface area contributed by atoms with E-state index < -0.39 is 0 Å². The van der Waals surface area contributed by atoms with Crippen molar-refractivity contribution in [2.24, 2.45) is 0 Å². The third-order valence-electron chi connectivity index (χ3n) is 5.61. The average Bonchev–Trinajstić information content (AvgIpc) is 3.43. The fourth-order valence-corrected chi connectivity index (χ4v) is 3.82. The third kappa shape index (κ3) is 6.31. The summed E-state index contributed by atoms with van der Waals surface area (Å²) < 4.78 is 12.6. The van der Waals surface area contributed by atoms with Crippen molar-refractivity contribution in [1.82, 2.24) is 14.9 Å². The van der Waals surface area contributed by atoms with Crippen molar-refractivity contribution in [3.63, 3.8) is 0 Å². The van der Waals surface area contributed by atoms with Gasteiger partial charge in [0.2, 0.25) is 0 Å². The number of hydrogen-bond acceptors (Lipinski definition) is 4. The summed E-state index contributed by atoms with van der Waals surface area (Å²) in [7, 11) is 3.25. The first-order chi connectivity index (χ1) is 17.1. The first kappa shape index (κ1) is 24.1. The smallest absolute Gasteiger partial charge is 0.251 e. The quantitative estimate of drug-likeness (QED) is 0.305. The van der Waals surface area contributed by atoms with Crippen LogP contribution in [0.2, 0.25) is 5.02 Å². The standard InChI is InChI=1S/C28H26ClN3O3/c1-34-25-15-21(16-26(17-25)35-2)4-3-20-5-7-23(8-6-20)28(33)31-18-27(32-14-13-30-19-32)22-9-11-24(29)12-10-22/h3-17,19,27H,18H2,1-2H3,(H,31,33)/b4-3+. The molecule has 1 aromatic heterocycles. The molecule has 6 nitrogen and oxygen atoms in total. The summed E-state index contributed by atoms with van der Waals surface area (Å²) in [6.45, 7) is 0.413. The minimum absolute atomic E-state index is 0.0965. The largest absolute Gasteiger partial charge is 0.497 e. The Balaban J connectivity index is 1.42. The van der Waals surface area contributed by atoms with Crippen molar-refractivity contribution in [3.05, 3.63) is 113 Å². The second-order valence-corrected chi connectivity index (χ2v) is 8.33. The molecule has 4 rings (SSSR count). The van der Waals surface area contributed by atoms with Gasteiger partial charge in [0.25, 0.3) is 5.91 Å². The summed E-state index contributed by atoms with van der Waals surface area (Å²) >= 11 is 6.04. The second kappa shape index (κ2) is 11.4. The van der Waals surface area contributed by atoms with Crippen molar-refractivity contribution in [3.8, 4) is 11.5 Å². The van der Waals surface area contributed by atoms with Crippen LogP contribution in [0.4, 0.5) is 0 Å². The van der Waals surface area contributed by atoms with Crippen LogP contribution in [0.5, 0.6) is 11.5 Å². The number of ether oxygens (including phenoxy) is 2. The molecule has 0 saturated carbocycles. The molecule has 0 fully saturated rings. The molecule has 0 aliphatic carbocycles. The lowest BCUT2D eigenvalue weighted by Crippen LogP contribution is -2.31. The van der Waals surface area contributed by atoms with Crippen molar-refractivity contribution in [2.45, 2.75) is 6.04 Å². The van der Waals surface area contributed by atoms with Crippen LogP contribution >= 0.6 is 11.6 Å². The predicted octanol–water partition coefficient (Wildman–Crippen LogP) is 5.74. The minimum atomic E-state index is -0.142. The molecule has 0 aliphatic rings. The lowest BCUT2D eigenvalue weighted by atomic mass is 10.1. The number of nitrogens with one attached hydrogen (secondary N) is 1. The number of rotatable bonds is 9. The first-order valence-corrected chi connectivity index (χ1v) is 11.5. The zero-order valence-corrected chi connectivity index (χ0v) is 20.3. The first-order valence-electron chi connectivity index (χ1n) is 11.1. The number of carbonyl (C=O) groups excluding carboxylic acids is 1. The number of amides is 1. The van der Waals surface area contributed by atoms with Gasteiger partial charge in [-0.05, 0) is 53.1 Å². The molecule has 0 aliphatic heterocycles. The summed E-state index contributed by atoms with van der Waals surface area (Å²) in [5, 5.41) is 3.71. The van der Waals surface area contributed by atoms with E-state index in [-0.39, 0.29) is 11.9 Å². The summed E-state index contributed by atoms with van der Waals surface area (Å²) in [6, 6.07) is 20.6. The number of benzene rings is 3. The highest BCUT2D eigenvalue weighted by Gasteiger charge is 2.15. The van der Waals surface area contributed by atoms with E-state index in [0.29, 0.717) is 17.1 Å². The van der Waals surface area contributed by atoms with E-state index in [4.69, 9.17) is 21.1 Å². The number of imidazole rings is 1. The van der Waals surface area contributed by atoms with E-state index in [2.05, 4.69) is 10.3 Å². The molecular formula is C28H26ClN3O3. The van der Waals surface area contributed by atoms with Gasteiger partial charge in [0.15, 0.2) is 0 Å². The van der Waals surface area contributed by atoms with Gasteiger partial charge in [-0.3, -0.25) is 4.79 Å². The molecule has 0 bridgehead atoms. The van der Waals surface area contributed by atoms with Gasteiger partial charge in [-0.1, -0.05) is 48.0 Å². The molecule has 7 heteroatoms. The summed E-state index contributed by atoms with van der Waals surface area (Å²) in [6.07, 6.45) is 9.29. The summed E-state index contributed by atoms with van der Waals surface area (Å²) in [5.41, 5.74) is 3.55. The molecule has 3 aromatic carbocycles. The van der Waals surface area contributed by atoms with Crippen molar-refractivity contribution < 1.29 is 14.3 Å².